The quantitative estimate of drug-likeness (QED) is 0.760. The molecule has 1 aromatic heterocycles. The van der Waals surface area contributed by atoms with E-state index >= 15 is 0 Å². The molecule has 1 saturated heterocycles. The number of carbonyl (C=O) groups is 1. The standard InChI is InChI=1S/C12H16N4O3.C5H9F2N/c1-12(2,3)14-10(17)8-6-9-11(13-7-8)19-5-4-16(9)15-18;6-5(7)1-3-8-4-2-5/h6-7H,4-5H2,1-3H3,(H,14,17);8H,1-4H2. The smallest absolute Gasteiger partial charge is 0.253 e. The number of carbonyl (C=O) groups excluding carboxylic acids is 1. The number of ether oxygens (including phenoxy) is 1. The molecule has 27 heavy (non-hydrogen) atoms. The number of halogens is 2. The number of amides is 1. The van der Waals surface area contributed by atoms with E-state index in [0.717, 1.165) is 0 Å². The molecule has 0 spiro atoms. The van der Waals surface area contributed by atoms with Crippen molar-refractivity contribution < 1.29 is 18.3 Å². The fourth-order valence-electron chi connectivity index (χ4n) is 2.50. The average molecular weight is 385 g/mol. The average Bonchev–Trinajstić information content (AvgIpc) is 2.59. The Balaban J connectivity index is 0.000000273. The zero-order chi connectivity index (χ0) is 20.1. The minimum absolute atomic E-state index is 0.00694. The number of piperidine rings is 1. The van der Waals surface area contributed by atoms with Gasteiger partial charge in [0.15, 0.2) is 0 Å². The summed E-state index contributed by atoms with van der Waals surface area (Å²) < 4.78 is 29.6. The SMILES string of the molecule is CC(C)(C)NC(=O)c1cnc2c(c1)N(N=O)CCO2.FC1(F)CCNCC1. The number of hydrogen-bond donors (Lipinski definition) is 2. The summed E-state index contributed by atoms with van der Waals surface area (Å²) in [5.41, 5.74) is 0.446. The van der Waals surface area contributed by atoms with Gasteiger partial charge in [0.2, 0.25) is 5.88 Å². The van der Waals surface area contributed by atoms with Crippen molar-refractivity contribution >= 4 is 11.6 Å². The number of pyridine rings is 1. The highest BCUT2D eigenvalue weighted by Crippen LogP contribution is 2.30. The Bertz CT molecular complexity index is 671. The van der Waals surface area contributed by atoms with Crippen LogP contribution in [0.4, 0.5) is 14.5 Å². The lowest BCUT2D eigenvalue weighted by atomic mass is 10.1. The second kappa shape index (κ2) is 8.55. The van der Waals surface area contributed by atoms with Gasteiger partial charge in [-0.2, -0.15) is 0 Å². The number of nitrogens with zero attached hydrogens (tertiary/aromatic N) is 3. The summed E-state index contributed by atoms with van der Waals surface area (Å²) in [7, 11) is 0. The van der Waals surface area contributed by atoms with E-state index in [4.69, 9.17) is 4.74 Å². The highest BCUT2D eigenvalue weighted by molar-refractivity contribution is 5.95. The third-order valence-corrected chi connectivity index (χ3v) is 3.84. The molecule has 0 aliphatic carbocycles. The van der Waals surface area contributed by atoms with E-state index < -0.39 is 5.92 Å². The zero-order valence-corrected chi connectivity index (χ0v) is 15.7. The van der Waals surface area contributed by atoms with Gasteiger partial charge in [-0.3, -0.25) is 4.79 Å². The third kappa shape index (κ3) is 6.38. The van der Waals surface area contributed by atoms with Crippen LogP contribution in [-0.2, 0) is 0 Å². The van der Waals surface area contributed by atoms with Crippen LogP contribution < -0.4 is 20.4 Å². The minimum atomic E-state index is -2.38. The number of anilines is 1. The lowest BCUT2D eigenvalue weighted by Crippen LogP contribution is -2.40. The Labute approximate surface area is 156 Å². The Morgan fingerprint density at radius 2 is 2.04 bits per heavy atom. The van der Waals surface area contributed by atoms with Crippen molar-refractivity contribution in [3.63, 3.8) is 0 Å². The number of nitroso groups, excluding NO2 is 1. The first kappa shape index (κ1) is 20.9. The van der Waals surface area contributed by atoms with Crippen LogP contribution in [0.1, 0.15) is 44.0 Å². The molecule has 0 bridgehead atoms. The lowest BCUT2D eigenvalue weighted by molar-refractivity contribution is -0.0274. The van der Waals surface area contributed by atoms with E-state index in [9.17, 15) is 18.5 Å². The molecule has 3 rings (SSSR count). The summed E-state index contributed by atoms with van der Waals surface area (Å²) >= 11 is 0. The van der Waals surface area contributed by atoms with Crippen LogP contribution in [0.25, 0.3) is 0 Å². The lowest BCUT2D eigenvalue weighted by Gasteiger charge is -2.24. The summed E-state index contributed by atoms with van der Waals surface area (Å²) in [5.74, 6) is -2.32. The van der Waals surface area contributed by atoms with Crippen molar-refractivity contribution in [3.05, 3.63) is 22.7 Å². The van der Waals surface area contributed by atoms with Gasteiger partial charge < -0.3 is 15.4 Å². The summed E-state index contributed by atoms with van der Waals surface area (Å²) in [6, 6.07) is 1.56. The monoisotopic (exact) mass is 385 g/mol. The number of rotatable bonds is 2. The van der Waals surface area contributed by atoms with Crippen LogP contribution in [0.3, 0.4) is 0 Å². The van der Waals surface area contributed by atoms with E-state index in [2.05, 4.69) is 20.9 Å². The number of hydrogen-bond acceptors (Lipinski definition) is 6. The molecule has 150 valence electrons. The molecule has 0 aromatic carbocycles. The van der Waals surface area contributed by atoms with Gasteiger partial charge in [-0.1, -0.05) is 0 Å². The van der Waals surface area contributed by atoms with Crippen LogP contribution >= 0.6 is 0 Å². The third-order valence-electron chi connectivity index (χ3n) is 3.84. The number of fused-ring (bicyclic) bond motifs is 1. The molecule has 0 unspecified atom stereocenters. The van der Waals surface area contributed by atoms with Gasteiger partial charge in [-0.05, 0) is 26.8 Å². The van der Waals surface area contributed by atoms with Gasteiger partial charge in [0.05, 0.1) is 17.4 Å². The van der Waals surface area contributed by atoms with Crippen molar-refractivity contribution in [2.24, 2.45) is 5.29 Å². The first-order valence-electron chi connectivity index (χ1n) is 8.76. The van der Waals surface area contributed by atoms with E-state index in [1.54, 1.807) is 6.07 Å². The first-order chi connectivity index (χ1) is 12.6. The Kier molecular flexibility index (Phi) is 6.63. The van der Waals surface area contributed by atoms with E-state index in [-0.39, 0.29) is 24.3 Å². The van der Waals surface area contributed by atoms with Crippen LogP contribution in [0, 0.1) is 4.91 Å². The predicted molar refractivity (Wildman–Crippen MR) is 97.1 cm³/mol. The van der Waals surface area contributed by atoms with Crippen molar-refractivity contribution in [1.29, 1.82) is 0 Å². The van der Waals surface area contributed by atoms with Crippen molar-refractivity contribution in [2.75, 3.05) is 31.3 Å². The van der Waals surface area contributed by atoms with Crippen molar-refractivity contribution in [3.8, 4) is 5.88 Å². The molecule has 1 amide bonds. The van der Waals surface area contributed by atoms with Gasteiger partial charge >= 0.3 is 0 Å². The molecule has 8 nitrogen and oxygen atoms in total. The van der Waals surface area contributed by atoms with Crippen molar-refractivity contribution in [2.45, 2.75) is 45.1 Å². The fourth-order valence-corrected chi connectivity index (χ4v) is 2.50. The normalized spacial score (nSPS) is 18.3. The molecule has 1 aromatic rings. The first-order valence-corrected chi connectivity index (χ1v) is 8.76. The molecule has 1 fully saturated rings. The zero-order valence-electron chi connectivity index (χ0n) is 15.7. The molecule has 2 N–H and O–H groups in total. The maximum Gasteiger partial charge on any atom is 0.253 e. The van der Waals surface area contributed by atoms with E-state index in [0.29, 0.717) is 43.4 Å². The fraction of sp³-hybridized carbons (Fsp3) is 0.647. The molecule has 0 atom stereocenters. The van der Waals surface area contributed by atoms with Crippen LogP contribution in [0.5, 0.6) is 5.88 Å². The Morgan fingerprint density at radius 1 is 1.37 bits per heavy atom. The molecule has 3 heterocycles. The highest BCUT2D eigenvalue weighted by atomic mass is 19.3. The topological polar surface area (TPSA) is 95.9 Å². The molecular formula is C17H25F2N5O3. The minimum Gasteiger partial charge on any atom is -0.474 e. The number of aromatic nitrogens is 1. The summed E-state index contributed by atoms with van der Waals surface area (Å²) in [4.78, 5) is 26.8. The predicted octanol–water partition coefficient (Wildman–Crippen LogP) is 2.50. The molecule has 2 aliphatic heterocycles. The van der Waals surface area contributed by atoms with E-state index in [1.807, 2.05) is 20.8 Å². The second-order valence-electron chi connectivity index (χ2n) is 7.41. The highest BCUT2D eigenvalue weighted by Gasteiger charge is 2.30. The Hall–Kier alpha value is -2.36. The maximum atomic E-state index is 12.2. The molecular weight excluding hydrogens is 360 g/mol. The van der Waals surface area contributed by atoms with Crippen molar-refractivity contribution in [1.82, 2.24) is 15.6 Å². The summed E-state index contributed by atoms with van der Waals surface area (Å²) in [6.45, 7) is 7.29. The molecule has 0 radical (unpaired) electrons. The molecule has 2 aliphatic rings. The van der Waals surface area contributed by atoms with E-state index in [1.165, 1.54) is 11.2 Å². The van der Waals surface area contributed by atoms with Crippen LogP contribution in [0.2, 0.25) is 0 Å². The van der Waals surface area contributed by atoms with Gasteiger partial charge in [0.1, 0.15) is 12.3 Å². The van der Waals surface area contributed by atoms with Gasteiger partial charge in [0, 0.05) is 37.7 Å². The maximum absolute atomic E-state index is 12.2. The summed E-state index contributed by atoms with van der Waals surface area (Å²) in [6.07, 6.45) is 1.44. The van der Waals surface area contributed by atoms with Gasteiger partial charge in [-0.15, -0.1) is 4.91 Å². The van der Waals surface area contributed by atoms with Crippen LogP contribution in [0.15, 0.2) is 17.5 Å². The number of nitrogens with one attached hydrogen (secondary N) is 2. The summed E-state index contributed by atoms with van der Waals surface area (Å²) in [5, 5.41) is 9.82. The molecule has 10 heteroatoms. The van der Waals surface area contributed by atoms with Crippen LogP contribution in [-0.4, -0.2) is 48.6 Å². The Morgan fingerprint density at radius 3 is 2.56 bits per heavy atom. The van der Waals surface area contributed by atoms with Gasteiger partial charge in [0.25, 0.3) is 11.8 Å². The number of alkyl halides is 2. The molecule has 0 saturated carbocycles. The largest absolute Gasteiger partial charge is 0.474 e. The van der Waals surface area contributed by atoms with Gasteiger partial charge in [-0.25, -0.2) is 18.8 Å². The second-order valence-corrected chi connectivity index (χ2v) is 7.41.